The Morgan fingerprint density at radius 3 is 0.331 bits per heavy atom. The van der Waals surface area contributed by atoms with Crippen LogP contribution in [0.5, 0.6) is 0 Å². The van der Waals surface area contributed by atoms with E-state index >= 15 is 0 Å². The Bertz CT molecular complexity index is 2910. The Hall–Kier alpha value is -3.84. The molecule has 0 fully saturated rings. The van der Waals surface area contributed by atoms with E-state index in [0.717, 1.165) is 44.5 Å². The number of nitrogens with zero attached hydrogens (tertiary/aromatic N) is 8. The van der Waals surface area contributed by atoms with Crippen LogP contribution in [-0.2, 0) is 17.1 Å². The van der Waals surface area contributed by atoms with Crippen LogP contribution in [0.3, 0.4) is 0 Å². The summed E-state index contributed by atoms with van der Waals surface area (Å²) >= 11 is 7.95. The summed E-state index contributed by atoms with van der Waals surface area (Å²) in [6.07, 6.45) is 103. The van der Waals surface area contributed by atoms with Crippen molar-refractivity contribution in [3.63, 3.8) is 0 Å². The van der Waals surface area contributed by atoms with Crippen molar-refractivity contribution in [1.82, 2.24) is 0 Å². The molecule has 13 heteroatoms. The normalized spacial score (nSPS) is 13.0. The molecule has 0 spiro atoms. The molecule has 9 rings (SSSR count). The van der Waals surface area contributed by atoms with E-state index in [-0.39, 0.29) is 17.1 Å². The number of aliphatic imine (C=N–C) groups is 8. The number of hydrogen-bond donors (Lipinski definition) is 0. The third kappa shape index (κ3) is 51.1. The fourth-order valence-corrected chi connectivity index (χ4v) is 18.6. The van der Waals surface area contributed by atoms with Crippen molar-refractivity contribution in [3.05, 3.63) is 142 Å². The SMILES string of the molecule is CCCCCCCCCCCCCCCCCCSC.CCCCCCCCCCCCCCCCCCSC.CCCCCCCCCCCCCCCCCCSC.CCCCCCCCCCCCCCCCCCSC.[Cu].c1ccc2c(c1)C1=NC2=NC2=NC(=NC3=NC(=NC4=NC(=N1)c1ccccc14)c1ccccc13)c1ccccc12. The van der Waals surface area contributed by atoms with Crippen molar-refractivity contribution in [1.29, 1.82) is 0 Å². The van der Waals surface area contributed by atoms with E-state index < -0.39 is 0 Å². The molecule has 0 saturated carbocycles. The van der Waals surface area contributed by atoms with Crippen LogP contribution >= 0.6 is 47.0 Å². The molecule has 121 heavy (non-hydrogen) atoms. The molecule has 0 unspecified atom stereocenters. The van der Waals surface area contributed by atoms with Crippen molar-refractivity contribution >= 4 is 93.7 Å². The molecule has 5 aliphatic heterocycles. The molecule has 5 aliphatic rings. The zero-order valence-corrected chi connectivity index (χ0v) is 83.0. The minimum atomic E-state index is 0. The molecule has 683 valence electrons. The van der Waals surface area contributed by atoms with Crippen LogP contribution in [0.2, 0.25) is 0 Å². The van der Waals surface area contributed by atoms with Crippen LogP contribution in [0.15, 0.2) is 137 Å². The van der Waals surface area contributed by atoms with Gasteiger partial charge in [0.05, 0.1) is 0 Å². The Morgan fingerprint density at radius 2 is 0.240 bits per heavy atom. The summed E-state index contributed by atoms with van der Waals surface area (Å²) in [6.45, 7) is 9.18. The molecule has 0 saturated heterocycles. The molecular formula is C108H176CuN8S4. The van der Waals surface area contributed by atoms with E-state index in [1.165, 1.54) is 434 Å². The quantitative estimate of drug-likeness (QED) is 0.0325. The Kier molecular flexibility index (Phi) is 71.0. The summed E-state index contributed by atoms with van der Waals surface area (Å²) < 4.78 is 0. The van der Waals surface area contributed by atoms with E-state index in [1.54, 1.807) is 0 Å². The van der Waals surface area contributed by atoms with Gasteiger partial charge in [0.1, 0.15) is 0 Å². The molecule has 5 heterocycles. The van der Waals surface area contributed by atoms with Gasteiger partial charge in [0.15, 0.2) is 46.7 Å². The van der Waals surface area contributed by atoms with Crippen molar-refractivity contribution in [2.24, 2.45) is 39.9 Å². The molecule has 4 aromatic carbocycles. The van der Waals surface area contributed by atoms with Crippen molar-refractivity contribution < 1.29 is 17.1 Å². The maximum atomic E-state index is 4.95. The number of hydrogen-bond acceptors (Lipinski definition) is 12. The Labute approximate surface area is 773 Å². The van der Waals surface area contributed by atoms with E-state index in [4.69, 9.17) is 39.9 Å². The van der Waals surface area contributed by atoms with Crippen LogP contribution in [0, 0.1) is 0 Å². The maximum Gasteiger partial charge on any atom is 0.164 e. The van der Waals surface area contributed by atoms with E-state index in [0.29, 0.717) is 46.7 Å². The standard InChI is InChI=1S/C32H16N8.4C19H40S.Cu/c1-2-10-18-17(9-1)25-33-26(18)38-28-21-13-5-6-14-22(21)30(35-28)40-32-24-16-8-7-15-23(24)31(36-32)39-29-20-12-4-3-11-19(20)27(34-29)37-25;4*1-3-4-5-6-7-8-9-10-11-12-13-14-15-16-17-18-19-20-2;/h1-16H;4*3-19H2,1-2H3;. The number of thioether (sulfide) groups is 4. The predicted octanol–water partition coefficient (Wildman–Crippen LogP) is 35.3. The first kappa shape index (κ1) is 109. The maximum absolute atomic E-state index is 4.95. The molecule has 4 aromatic rings. The van der Waals surface area contributed by atoms with E-state index in [9.17, 15) is 0 Å². The summed E-state index contributed by atoms with van der Waals surface area (Å²) in [4.78, 5) is 39.3. The second-order valence-corrected chi connectivity index (χ2v) is 38.8. The third-order valence-corrected chi connectivity index (χ3v) is 26.9. The van der Waals surface area contributed by atoms with Gasteiger partial charge >= 0.3 is 0 Å². The Balaban J connectivity index is 0.000000334. The van der Waals surface area contributed by atoms with Gasteiger partial charge in [-0.2, -0.15) is 47.0 Å². The molecule has 1 radical (unpaired) electrons. The van der Waals surface area contributed by atoms with Gasteiger partial charge in [-0.15, -0.1) is 0 Å². The molecule has 0 aromatic heterocycles. The minimum absolute atomic E-state index is 0. The average Bonchev–Trinajstić information content (AvgIpc) is 1.61. The van der Waals surface area contributed by atoms with Crippen molar-refractivity contribution in [2.45, 2.75) is 439 Å². The number of amidine groups is 8. The molecule has 0 amide bonds. The first-order chi connectivity index (χ1) is 59.5. The van der Waals surface area contributed by atoms with E-state index in [2.05, 4.69) is 52.7 Å². The second-order valence-electron chi connectivity index (χ2n) is 34.9. The van der Waals surface area contributed by atoms with Gasteiger partial charge in [-0.05, 0) is 73.7 Å². The molecule has 0 N–H and O–H groups in total. The third-order valence-electron chi connectivity index (χ3n) is 24.1. The topological polar surface area (TPSA) is 98.9 Å². The monoisotopic (exact) mass is 1780 g/mol. The van der Waals surface area contributed by atoms with Crippen LogP contribution < -0.4 is 0 Å². The summed E-state index contributed by atoms with van der Waals surface area (Å²) in [6, 6.07) is 31.8. The van der Waals surface area contributed by atoms with Gasteiger partial charge in [0.2, 0.25) is 0 Å². The van der Waals surface area contributed by atoms with Gasteiger partial charge in [-0.3, -0.25) is 0 Å². The first-order valence-electron chi connectivity index (χ1n) is 50.5. The van der Waals surface area contributed by atoms with Gasteiger partial charge in [0, 0.05) is 61.6 Å². The minimum Gasteiger partial charge on any atom is -0.208 e. The fraction of sp³-hybridized carbons (Fsp3) is 0.704. The predicted molar refractivity (Wildman–Crippen MR) is 550 cm³/mol. The van der Waals surface area contributed by atoms with Gasteiger partial charge < -0.3 is 0 Å². The summed E-state index contributed by atoms with van der Waals surface area (Å²) in [5.74, 6) is 9.85. The number of benzene rings is 4. The first-order valence-corrected chi connectivity index (χ1v) is 56.1. The largest absolute Gasteiger partial charge is 0.208 e. The second kappa shape index (κ2) is 78.4. The van der Waals surface area contributed by atoms with Crippen molar-refractivity contribution in [3.8, 4) is 0 Å². The zero-order chi connectivity index (χ0) is 85.1. The van der Waals surface area contributed by atoms with Gasteiger partial charge in [-0.25, -0.2) is 39.9 Å². The molecular weight excluding hydrogens is 1600 g/mol. The van der Waals surface area contributed by atoms with Crippen LogP contribution in [-0.4, -0.2) is 94.7 Å². The molecule has 8 nitrogen and oxygen atoms in total. The molecule has 0 aliphatic carbocycles. The van der Waals surface area contributed by atoms with Crippen LogP contribution in [0.4, 0.5) is 0 Å². The smallest absolute Gasteiger partial charge is 0.164 e. The fourth-order valence-electron chi connectivity index (χ4n) is 16.6. The summed E-state index contributed by atoms with van der Waals surface area (Å²) in [5, 5.41) is 0. The Morgan fingerprint density at radius 1 is 0.149 bits per heavy atom. The average molecular weight is 1780 g/mol. The summed E-state index contributed by atoms with van der Waals surface area (Å²) in [5.41, 5.74) is 7.15. The number of fused-ring (bicyclic) bond motifs is 16. The van der Waals surface area contributed by atoms with Crippen molar-refractivity contribution in [2.75, 3.05) is 48.0 Å². The number of unbranched alkanes of at least 4 members (excludes halogenated alkanes) is 60. The van der Waals surface area contributed by atoms with E-state index in [1.807, 2.05) is 144 Å². The molecule has 8 bridgehead atoms. The zero-order valence-electron chi connectivity index (χ0n) is 78.8. The summed E-state index contributed by atoms with van der Waals surface area (Å²) in [7, 11) is 0. The van der Waals surface area contributed by atoms with Gasteiger partial charge in [0.25, 0.3) is 0 Å². The van der Waals surface area contributed by atoms with Crippen LogP contribution in [0.25, 0.3) is 0 Å². The number of rotatable bonds is 68. The van der Waals surface area contributed by atoms with Gasteiger partial charge in [-0.1, -0.05) is 510 Å². The van der Waals surface area contributed by atoms with Crippen LogP contribution in [0.1, 0.15) is 483 Å². The molecule has 0 atom stereocenters.